The van der Waals surface area contributed by atoms with Crippen LogP contribution in [0.3, 0.4) is 0 Å². The normalized spacial score (nSPS) is 20.5. The molecule has 1 aromatic heterocycles. The van der Waals surface area contributed by atoms with Gasteiger partial charge in [0.15, 0.2) is 0 Å². The number of aromatic nitrogens is 1. The molecule has 0 saturated carbocycles. The van der Waals surface area contributed by atoms with Crippen molar-refractivity contribution in [1.82, 2.24) is 15.2 Å². The predicted octanol–water partition coefficient (Wildman–Crippen LogP) is 6.20. The smallest absolute Gasteiger partial charge is 0.328 e. The Kier molecular flexibility index (Phi) is 8.45. The van der Waals surface area contributed by atoms with Gasteiger partial charge in [0, 0.05) is 50.2 Å². The molecule has 46 heavy (non-hydrogen) atoms. The maximum absolute atomic E-state index is 12.2. The zero-order chi connectivity index (χ0) is 31.6. The van der Waals surface area contributed by atoms with Crippen molar-refractivity contribution < 1.29 is 14.7 Å². The fraction of sp³-hybridized carbons (Fsp3) is 0.342. The monoisotopic (exact) mass is 615 g/mol. The summed E-state index contributed by atoms with van der Waals surface area (Å²) >= 11 is 0. The van der Waals surface area contributed by atoms with Gasteiger partial charge in [-0.1, -0.05) is 48.5 Å². The largest absolute Gasteiger partial charge is 0.508 e. The Morgan fingerprint density at radius 3 is 2.33 bits per heavy atom. The minimum atomic E-state index is -0.388. The lowest BCUT2D eigenvalue weighted by molar-refractivity contribution is -0.120. The van der Waals surface area contributed by atoms with E-state index in [4.69, 9.17) is 0 Å². The fourth-order valence-corrected chi connectivity index (χ4v) is 7.60. The van der Waals surface area contributed by atoms with Gasteiger partial charge >= 0.3 is 6.03 Å². The molecule has 2 N–H and O–H groups in total. The Balaban J connectivity index is 0.984. The number of amides is 3. The summed E-state index contributed by atoms with van der Waals surface area (Å²) in [4.78, 5) is 34.7. The van der Waals surface area contributed by atoms with E-state index in [1.54, 1.807) is 11.1 Å². The SMILES string of the molecule is CN(Cc1ccc(N2CCC(=O)NC2=O)cn1)C1CCN(c2ccc(C3c4ccc(O)cc4CCC3c3ccccc3)cc2)CC1. The molecule has 0 spiro atoms. The van der Waals surface area contributed by atoms with E-state index in [0.29, 0.717) is 36.4 Å². The first-order valence-electron chi connectivity index (χ1n) is 16.4. The minimum absolute atomic E-state index is 0.236. The van der Waals surface area contributed by atoms with Gasteiger partial charge in [0.2, 0.25) is 5.91 Å². The molecule has 2 saturated heterocycles. The standard InChI is InChI=1S/C38H41N5O3/c1-41(25-29-10-13-32(24-39-29)43-22-19-36(45)40-38(43)46)30-17-20-42(21-18-30)31-11-7-27(8-12-31)37-34(26-5-3-2-4-6-26)15-9-28-23-33(44)14-16-35(28)37/h2-8,10-14,16,23-24,30,34,37,44H,9,15,17-22,25H2,1H3,(H,40,45,46). The van der Waals surface area contributed by atoms with Crippen LogP contribution in [-0.2, 0) is 17.8 Å². The average molecular weight is 616 g/mol. The third-order valence-corrected chi connectivity index (χ3v) is 10.1. The van der Waals surface area contributed by atoms with Gasteiger partial charge in [0.25, 0.3) is 0 Å². The Hall–Kier alpha value is -4.69. The molecular formula is C38H41N5O3. The number of benzene rings is 3. The molecule has 3 aliphatic rings. The van der Waals surface area contributed by atoms with Crippen LogP contribution in [-0.4, -0.2) is 59.7 Å². The summed E-state index contributed by atoms with van der Waals surface area (Å²) in [6.45, 7) is 3.12. The van der Waals surface area contributed by atoms with Crippen molar-refractivity contribution in [2.75, 3.05) is 36.5 Å². The summed E-state index contributed by atoms with van der Waals surface area (Å²) in [5.41, 5.74) is 8.22. The summed E-state index contributed by atoms with van der Waals surface area (Å²) in [7, 11) is 2.17. The third-order valence-electron chi connectivity index (χ3n) is 10.1. The molecule has 2 unspecified atom stereocenters. The fourth-order valence-electron chi connectivity index (χ4n) is 7.60. The van der Waals surface area contributed by atoms with Crippen molar-refractivity contribution in [3.8, 4) is 5.75 Å². The van der Waals surface area contributed by atoms with Crippen molar-refractivity contribution >= 4 is 23.3 Å². The van der Waals surface area contributed by atoms with Crippen LogP contribution in [0.5, 0.6) is 5.75 Å². The highest BCUT2D eigenvalue weighted by atomic mass is 16.3. The molecule has 1 aliphatic carbocycles. The topological polar surface area (TPSA) is 89.0 Å². The van der Waals surface area contributed by atoms with Crippen LogP contribution in [0, 0.1) is 0 Å². The Bertz CT molecular complexity index is 1680. The van der Waals surface area contributed by atoms with Gasteiger partial charge in [-0.05, 0) is 97.3 Å². The molecule has 0 radical (unpaired) electrons. The van der Waals surface area contributed by atoms with E-state index in [-0.39, 0.29) is 17.9 Å². The molecule has 8 nitrogen and oxygen atoms in total. The van der Waals surface area contributed by atoms with Crippen LogP contribution in [0.4, 0.5) is 16.2 Å². The van der Waals surface area contributed by atoms with Gasteiger partial charge in [-0.15, -0.1) is 0 Å². The second-order valence-corrected chi connectivity index (χ2v) is 12.9. The van der Waals surface area contributed by atoms with Crippen molar-refractivity contribution in [2.45, 2.75) is 56.5 Å². The van der Waals surface area contributed by atoms with Gasteiger partial charge in [0.05, 0.1) is 17.6 Å². The van der Waals surface area contributed by atoms with Crippen molar-refractivity contribution in [1.29, 1.82) is 0 Å². The van der Waals surface area contributed by atoms with E-state index >= 15 is 0 Å². The lowest BCUT2D eigenvalue weighted by Gasteiger charge is -2.38. The highest BCUT2D eigenvalue weighted by Gasteiger charge is 2.32. The summed E-state index contributed by atoms with van der Waals surface area (Å²) < 4.78 is 0. The van der Waals surface area contributed by atoms with Crippen molar-refractivity contribution in [3.63, 3.8) is 0 Å². The quantitative estimate of drug-likeness (QED) is 0.258. The molecule has 2 atom stereocenters. The van der Waals surface area contributed by atoms with Crippen LogP contribution in [0.1, 0.15) is 65.5 Å². The first kappa shape index (κ1) is 30.0. The molecule has 4 aromatic rings. The first-order chi connectivity index (χ1) is 22.4. The minimum Gasteiger partial charge on any atom is -0.508 e. The van der Waals surface area contributed by atoms with E-state index in [1.165, 1.54) is 27.9 Å². The maximum Gasteiger partial charge on any atom is 0.328 e. The van der Waals surface area contributed by atoms with Gasteiger partial charge in [-0.3, -0.25) is 24.9 Å². The lowest BCUT2D eigenvalue weighted by atomic mass is 9.69. The van der Waals surface area contributed by atoms with Crippen LogP contribution >= 0.6 is 0 Å². The lowest BCUT2D eigenvalue weighted by Crippen LogP contribution is -2.49. The number of rotatable bonds is 7. The molecular weight excluding hydrogens is 574 g/mol. The molecule has 2 aliphatic heterocycles. The van der Waals surface area contributed by atoms with E-state index in [9.17, 15) is 14.7 Å². The molecule has 8 heteroatoms. The second-order valence-electron chi connectivity index (χ2n) is 12.9. The number of carbonyl (C=O) groups excluding carboxylic acids is 2. The Morgan fingerprint density at radius 1 is 0.848 bits per heavy atom. The van der Waals surface area contributed by atoms with Crippen LogP contribution in [0.2, 0.25) is 0 Å². The number of pyridine rings is 1. The van der Waals surface area contributed by atoms with Gasteiger partial charge < -0.3 is 10.0 Å². The first-order valence-corrected chi connectivity index (χ1v) is 16.4. The number of carbonyl (C=O) groups is 2. The number of imide groups is 1. The summed E-state index contributed by atoms with van der Waals surface area (Å²) in [5.74, 6) is 0.762. The molecule has 3 aromatic carbocycles. The second kappa shape index (κ2) is 13.0. The van der Waals surface area contributed by atoms with Gasteiger partial charge in [-0.2, -0.15) is 0 Å². The summed E-state index contributed by atoms with van der Waals surface area (Å²) in [6, 6.07) is 30.0. The van der Waals surface area contributed by atoms with E-state index in [2.05, 4.69) is 87.8 Å². The maximum atomic E-state index is 12.2. The van der Waals surface area contributed by atoms with Gasteiger partial charge in [-0.25, -0.2) is 4.79 Å². The number of phenolic OH excluding ortho intramolecular Hbond substituents is 1. The zero-order valence-corrected chi connectivity index (χ0v) is 26.3. The highest BCUT2D eigenvalue weighted by molar-refractivity contribution is 6.05. The molecule has 2 fully saturated rings. The van der Waals surface area contributed by atoms with Crippen LogP contribution < -0.4 is 15.1 Å². The number of phenols is 1. The molecule has 3 amide bonds. The number of anilines is 2. The molecule has 3 heterocycles. The molecule has 0 bridgehead atoms. The van der Waals surface area contributed by atoms with Crippen molar-refractivity contribution in [2.24, 2.45) is 0 Å². The Morgan fingerprint density at radius 2 is 1.61 bits per heavy atom. The number of fused-ring (bicyclic) bond motifs is 1. The molecule has 7 rings (SSSR count). The number of urea groups is 1. The number of nitrogens with zero attached hydrogens (tertiary/aromatic N) is 4. The third kappa shape index (κ3) is 6.22. The number of aryl methyl sites for hydroxylation is 1. The van der Waals surface area contributed by atoms with E-state index in [1.807, 2.05) is 24.3 Å². The number of hydrogen-bond acceptors (Lipinski definition) is 6. The number of hydrogen-bond donors (Lipinski definition) is 2. The van der Waals surface area contributed by atoms with Crippen LogP contribution in [0.15, 0.2) is 91.1 Å². The Labute approximate surface area is 270 Å². The van der Waals surface area contributed by atoms with Gasteiger partial charge in [0.1, 0.15) is 5.75 Å². The average Bonchev–Trinajstić information content (AvgIpc) is 3.09. The number of aromatic hydroxyl groups is 1. The van der Waals surface area contributed by atoms with Crippen molar-refractivity contribution in [3.05, 3.63) is 119 Å². The summed E-state index contributed by atoms with van der Waals surface area (Å²) in [5, 5.41) is 12.5. The van der Waals surface area contributed by atoms with E-state index in [0.717, 1.165) is 51.0 Å². The number of nitrogens with one attached hydrogen (secondary N) is 1. The van der Waals surface area contributed by atoms with Crippen LogP contribution in [0.25, 0.3) is 0 Å². The predicted molar refractivity (Wildman–Crippen MR) is 180 cm³/mol. The number of piperidine rings is 1. The zero-order valence-electron chi connectivity index (χ0n) is 26.3. The highest BCUT2D eigenvalue weighted by Crippen LogP contribution is 2.47. The summed E-state index contributed by atoms with van der Waals surface area (Å²) in [6.07, 6.45) is 6.22. The van der Waals surface area contributed by atoms with E-state index < -0.39 is 0 Å². The molecule has 236 valence electrons.